The first kappa shape index (κ1) is 49.0. The molecule has 3 unspecified atom stereocenters. The second-order valence-corrected chi connectivity index (χ2v) is 16.8. The summed E-state index contributed by atoms with van der Waals surface area (Å²) in [5.41, 5.74) is 0. The number of amides is 1. The summed E-state index contributed by atoms with van der Waals surface area (Å²) >= 11 is 0. The molecule has 0 radical (unpaired) electrons. The molecule has 3 atom stereocenters. The number of unbranched alkanes of at least 4 members (excludes halogenated alkanes) is 22. The number of aliphatic hydroxyl groups is 1. The van der Waals surface area contributed by atoms with Crippen molar-refractivity contribution < 1.29 is 32.9 Å². The minimum absolute atomic E-state index is 0.00189. The van der Waals surface area contributed by atoms with Crippen LogP contribution in [0.15, 0.2) is 24.3 Å². The van der Waals surface area contributed by atoms with Crippen LogP contribution in [0.1, 0.15) is 181 Å². The summed E-state index contributed by atoms with van der Waals surface area (Å²) in [7, 11) is 1.25. The monoisotopic (exact) mass is 729 g/mol. The van der Waals surface area contributed by atoms with E-state index in [2.05, 4.69) is 31.3 Å². The topological polar surface area (TPSA) is 108 Å². The molecule has 0 aliphatic heterocycles. The minimum atomic E-state index is -4.58. The van der Waals surface area contributed by atoms with Crippen molar-refractivity contribution in [1.29, 1.82) is 0 Å². The molecule has 0 aliphatic rings. The smallest absolute Gasteiger partial charge is 0.268 e. The molecular weight excluding hydrogens is 647 g/mol. The number of aliphatic hydroxyl groups excluding tert-OH is 1. The fourth-order valence-corrected chi connectivity index (χ4v) is 6.52. The Morgan fingerprint density at radius 2 is 1.14 bits per heavy atom. The molecule has 0 aliphatic carbocycles. The quantitative estimate of drug-likeness (QED) is 0.0285. The van der Waals surface area contributed by atoms with Crippen molar-refractivity contribution in [2.45, 2.75) is 193 Å². The highest BCUT2D eigenvalue weighted by atomic mass is 31.2. The summed E-state index contributed by atoms with van der Waals surface area (Å²) in [5.74, 6) is -0.210. The van der Waals surface area contributed by atoms with Gasteiger partial charge in [-0.15, -0.1) is 0 Å². The molecule has 0 heterocycles. The summed E-state index contributed by atoms with van der Waals surface area (Å²) in [6.07, 6.45) is 38.0. The number of carbonyl (C=O) groups is 1. The fraction of sp³-hybridized carbons (Fsp3) is 0.878. The molecule has 0 aromatic carbocycles. The van der Waals surface area contributed by atoms with E-state index in [1.165, 1.54) is 96.3 Å². The highest BCUT2D eigenvalue weighted by Crippen LogP contribution is 2.38. The van der Waals surface area contributed by atoms with E-state index in [1.807, 2.05) is 27.2 Å². The standard InChI is InChI=1S/C41H81N2O6P/c1-6-8-10-12-14-16-18-19-20-21-22-23-24-25-26-28-30-32-34-40(44)39(38-49-50(46,47)48-37-36-43(3,4)5)42-41(45)35-33-31-29-27-17-15-13-11-9-7-2/h11,13,32,34,39-40,44H,6-10,12,14-31,33,35-38H2,1-5H3,(H-,42,45,46,47)/b13-11-,34-32+. The molecule has 0 fully saturated rings. The van der Waals surface area contributed by atoms with Crippen LogP contribution in [0.3, 0.4) is 0 Å². The van der Waals surface area contributed by atoms with Gasteiger partial charge in [-0.05, 0) is 38.5 Å². The highest BCUT2D eigenvalue weighted by Gasteiger charge is 2.23. The van der Waals surface area contributed by atoms with Crippen LogP contribution in [0, 0.1) is 0 Å². The molecule has 50 heavy (non-hydrogen) atoms. The van der Waals surface area contributed by atoms with Crippen molar-refractivity contribution in [3.05, 3.63) is 24.3 Å². The Hall–Kier alpha value is -1.02. The summed E-state index contributed by atoms with van der Waals surface area (Å²) in [6, 6.07) is -0.885. The van der Waals surface area contributed by atoms with Crippen LogP contribution in [0.5, 0.6) is 0 Å². The van der Waals surface area contributed by atoms with Crippen molar-refractivity contribution in [3.8, 4) is 0 Å². The summed E-state index contributed by atoms with van der Waals surface area (Å²) < 4.78 is 23.1. The predicted octanol–water partition coefficient (Wildman–Crippen LogP) is 10.3. The molecule has 2 N–H and O–H groups in total. The number of allylic oxidation sites excluding steroid dienone is 3. The van der Waals surface area contributed by atoms with Gasteiger partial charge in [0.25, 0.3) is 7.82 Å². The molecule has 8 nitrogen and oxygen atoms in total. The van der Waals surface area contributed by atoms with E-state index in [1.54, 1.807) is 6.08 Å². The van der Waals surface area contributed by atoms with E-state index in [9.17, 15) is 19.4 Å². The van der Waals surface area contributed by atoms with Gasteiger partial charge >= 0.3 is 0 Å². The van der Waals surface area contributed by atoms with Crippen LogP contribution in [0.2, 0.25) is 0 Å². The minimum Gasteiger partial charge on any atom is -0.756 e. The number of carbonyl (C=O) groups excluding carboxylic acids is 1. The average molecular weight is 729 g/mol. The van der Waals surface area contributed by atoms with Gasteiger partial charge in [0.15, 0.2) is 0 Å². The molecule has 0 saturated carbocycles. The molecular formula is C41H81N2O6P. The number of rotatable bonds is 37. The lowest BCUT2D eigenvalue weighted by Gasteiger charge is -2.29. The van der Waals surface area contributed by atoms with Gasteiger partial charge < -0.3 is 28.8 Å². The lowest BCUT2D eigenvalue weighted by Crippen LogP contribution is -2.45. The number of hydrogen-bond donors (Lipinski definition) is 2. The van der Waals surface area contributed by atoms with Crippen molar-refractivity contribution in [1.82, 2.24) is 5.32 Å². The second-order valence-electron chi connectivity index (χ2n) is 15.3. The first-order valence-electron chi connectivity index (χ1n) is 20.7. The Balaban J connectivity index is 4.43. The third-order valence-electron chi connectivity index (χ3n) is 9.14. The maximum Gasteiger partial charge on any atom is 0.268 e. The van der Waals surface area contributed by atoms with Crippen LogP contribution < -0.4 is 10.2 Å². The van der Waals surface area contributed by atoms with Gasteiger partial charge in [0.1, 0.15) is 13.2 Å². The average Bonchev–Trinajstić information content (AvgIpc) is 3.06. The molecule has 1 amide bonds. The number of likely N-dealkylation sites (N-methyl/N-ethyl adjacent to an activating group) is 1. The largest absolute Gasteiger partial charge is 0.756 e. The lowest BCUT2D eigenvalue weighted by molar-refractivity contribution is -0.870. The number of nitrogens with one attached hydrogen (secondary N) is 1. The van der Waals surface area contributed by atoms with Gasteiger partial charge in [-0.3, -0.25) is 9.36 Å². The third-order valence-corrected chi connectivity index (χ3v) is 10.1. The first-order valence-corrected chi connectivity index (χ1v) is 22.2. The Morgan fingerprint density at radius 3 is 1.64 bits per heavy atom. The van der Waals surface area contributed by atoms with Gasteiger partial charge in [-0.1, -0.05) is 160 Å². The van der Waals surface area contributed by atoms with E-state index >= 15 is 0 Å². The Morgan fingerprint density at radius 1 is 0.680 bits per heavy atom. The van der Waals surface area contributed by atoms with Crippen molar-refractivity contribution in [2.75, 3.05) is 40.9 Å². The number of phosphoric ester groups is 1. The van der Waals surface area contributed by atoms with Gasteiger partial charge in [-0.2, -0.15) is 0 Å². The van der Waals surface area contributed by atoms with Crippen LogP contribution in [0.25, 0.3) is 0 Å². The van der Waals surface area contributed by atoms with Gasteiger partial charge in [-0.25, -0.2) is 0 Å². The van der Waals surface area contributed by atoms with Gasteiger partial charge in [0.05, 0.1) is 39.9 Å². The van der Waals surface area contributed by atoms with E-state index in [-0.39, 0.29) is 19.1 Å². The summed E-state index contributed by atoms with van der Waals surface area (Å²) in [5, 5.41) is 13.7. The van der Waals surface area contributed by atoms with Crippen molar-refractivity contribution in [3.63, 3.8) is 0 Å². The number of nitrogens with zero attached hydrogens (tertiary/aromatic N) is 1. The van der Waals surface area contributed by atoms with Crippen molar-refractivity contribution >= 4 is 13.7 Å². The molecule has 0 spiro atoms. The zero-order valence-electron chi connectivity index (χ0n) is 33.4. The van der Waals surface area contributed by atoms with Crippen LogP contribution in [0.4, 0.5) is 0 Å². The molecule has 0 bridgehead atoms. The molecule has 0 aromatic heterocycles. The number of phosphoric acid groups is 1. The number of hydrogen-bond acceptors (Lipinski definition) is 6. The molecule has 0 aromatic rings. The third kappa shape index (κ3) is 35.4. The SMILES string of the molecule is CCC/C=C\CCCCCCCC(=O)NC(COP(=O)([O-])OCC[N+](C)(C)C)C(O)/C=C/CCCCCCCCCCCCCCCCCC. The maximum atomic E-state index is 12.8. The van der Waals surface area contributed by atoms with E-state index in [0.717, 1.165) is 64.2 Å². The van der Waals surface area contributed by atoms with E-state index < -0.39 is 20.0 Å². The Labute approximate surface area is 309 Å². The van der Waals surface area contributed by atoms with E-state index in [4.69, 9.17) is 9.05 Å². The lowest BCUT2D eigenvalue weighted by atomic mass is 10.0. The summed E-state index contributed by atoms with van der Waals surface area (Å²) in [4.78, 5) is 25.1. The van der Waals surface area contributed by atoms with Crippen LogP contribution in [-0.2, 0) is 18.4 Å². The zero-order chi connectivity index (χ0) is 37.2. The van der Waals surface area contributed by atoms with Gasteiger partial charge in [0.2, 0.25) is 5.91 Å². The van der Waals surface area contributed by atoms with Crippen LogP contribution >= 0.6 is 7.82 Å². The summed E-state index contributed by atoms with van der Waals surface area (Å²) in [6.45, 7) is 4.57. The van der Waals surface area contributed by atoms with Crippen molar-refractivity contribution in [2.24, 2.45) is 0 Å². The van der Waals surface area contributed by atoms with Crippen LogP contribution in [-0.4, -0.2) is 68.5 Å². The number of quaternary nitrogens is 1. The second kappa shape index (κ2) is 33.8. The zero-order valence-corrected chi connectivity index (χ0v) is 34.2. The molecule has 296 valence electrons. The molecule has 9 heteroatoms. The van der Waals surface area contributed by atoms with Gasteiger partial charge in [0, 0.05) is 6.42 Å². The fourth-order valence-electron chi connectivity index (χ4n) is 5.80. The Bertz CT molecular complexity index is 876. The highest BCUT2D eigenvalue weighted by molar-refractivity contribution is 7.45. The Kier molecular flexibility index (Phi) is 33.1. The molecule has 0 saturated heterocycles. The van der Waals surface area contributed by atoms with E-state index in [0.29, 0.717) is 17.4 Å². The first-order chi connectivity index (χ1) is 24.0. The maximum absolute atomic E-state index is 12.8. The molecule has 0 rings (SSSR count). The normalized spacial score (nSPS) is 14.8. The predicted molar refractivity (Wildman–Crippen MR) is 210 cm³/mol.